The van der Waals surface area contributed by atoms with Gasteiger partial charge in [-0.25, -0.2) is 0 Å². The maximum absolute atomic E-state index is 5.32. The van der Waals surface area contributed by atoms with E-state index in [0.29, 0.717) is 12.1 Å². The third-order valence-corrected chi connectivity index (χ3v) is 3.25. The average molecular weight is 265 g/mol. The van der Waals surface area contributed by atoms with Crippen LogP contribution in [0.3, 0.4) is 0 Å². The number of pyridine rings is 1. The van der Waals surface area contributed by atoms with E-state index in [2.05, 4.69) is 48.2 Å². The van der Waals surface area contributed by atoms with Gasteiger partial charge in [0, 0.05) is 44.7 Å². The van der Waals surface area contributed by atoms with E-state index in [1.807, 2.05) is 12.4 Å². The lowest BCUT2D eigenvalue weighted by Crippen LogP contribution is -2.45. The van der Waals surface area contributed by atoms with Gasteiger partial charge in [0.2, 0.25) is 0 Å². The van der Waals surface area contributed by atoms with Gasteiger partial charge >= 0.3 is 0 Å². The number of aromatic nitrogens is 1. The van der Waals surface area contributed by atoms with Crippen molar-refractivity contribution in [3.8, 4) is 0 Å². The van der Waals surface area contributed by atoms with Crippen molar-refractivity contribution in [3.63, 3.8) is 0 Å². The van der Waals surface area contributed by atoms with Crippen molar-refractivity contribution in [1.29, 1.82) is 0 Å². The van der Waals surface area contributed by atoms with Gasteiger partial charge in [-0.15, -0.1) is 0 Å². The molecule has 1 unspecified atom stereocenters. The van der Waals surface area contributed by atoms with Gasteiger partial charge in [0.05, 0.1) is 6.61 Å². The molecule has 0 fully saturated rings. The van der Waals surface area contributed by atoms with E-state index < -0.39 is 0 Å². The van der Waals surface area contributed by atoms with Crippen LogP contribution in [0, 0.1) is 0 Å². The SMILES string of the molecule is COCC(CNC(C)C)N(C)CCc1ccncc1. The monoisotopic (exact) mass is 265 g/mol. The molecular weight excluding hydrogens is 238 g/mol. The first-order valence-corrected chi connectivity index (χ1v) is 6.95. The average Bonchev–Trinajstić information content (AvgIpc) is 2.41. The largest absolute Gasteiger partial charge is 0.383 e. The summed E-state index contributed by atoms with van der Waals surface area (Å²) in [6.07, 6.45) is 4.74. The summed E-state index contributed by atoms with van der Waals surface area (Å²) in [7, 11) is 3.92. The number of likely N-dealkylation sites (N-methyl/N-ethyl adjacent to an activating group) is 1. The first kappa shape index (κ1) is 16.1. The number of methoxy groups -OCH3 is 1. The molecule has 0 amide bonds. The highest BCUT2D eigenvalue weighted by atomic mass is 16.5. The summed E-state index contributed by atoms with van der Waals surface area (Å²) in [5, 5.41) is 3.48. The Balaban J connectivity index is 2.40. The molecule has 0 spiro atoms. The van der Waals surface area contributed by atoms with Gasteiger partial charge in [0.25, 0.3) is 0 Å². The Bertz CT molecular complexity index is 329. The number of hydrogen-bond acceptors (Lipinski definition) is 4. The number of rotatable bonds is 9. The molecule has 1 N–H and O–H groups in total. The van der Waals surface area contributed by atoms with Gasteiger partial charge in [-0.05, 0) is 31.2 Å². The Morgan fingerprint density at radius 1 is 1.32 bits per heavy atom. The van der Waals surface area contributed by atoms with E-state index >= 15 is 0 Å². The van der Waals surface area contributed by atoms with E-state index in [0.717, 1.165) is 26.1 Å². The highest BCUT2D eigenvalue weighted by molar-refractivity contribution is 5.09. The van der Waals surface area contributed by atoms with Gasteiger partial charge in [-0.3, -0.25) is 9.88 Å². The first-order valence-electron chi connectivity index (χ1n) is 6.95. The van der Waals surface area contributed by atoms with Crippen molar-refractivity contribution < 1.29 is 4.74 Å². The van der Waals surface area contributed by atoms with Crippen molar-refractivity contribution in [1.82, 2.24) is 15.2 Å². The third kappa shape index (κ3) is 6.66. The van der Waals surface area contributed by atoms with Crippen LogP contribution < -0.4 is 5.32 Å². The van der Waals surface area contributed by atoms with E-state index in [1.54, 1.807) is 7.11 Å². The van der Waals surface area contributed by atoms with Crippen LogP contribution in [0.4, 0.5) is 0 Å². The van der Waals surface area contributed by atoms with Gasteiger partial charge < -0.3 is 10.1 Å². The van der Waals surface area contributed by atoms with Crippen LogP contribution in [0.2, 0.25) is 0 Å². The topological polar surface area (TPSA) is 37.4 Å². The second kappa shape index (κ2) is 9.02. The van der Waals surface area contributed by atoms with E-state index in [4.69, 9.17) is 4.74 Å². The molecular formula is C15H27N3O. The van der Waals surface area contributed by atoms with Crippen LogP contribution in [-0.4, -0.2) is 55.8 Å². The maximum atomic E-state index is 5.32. The standard InChI is InChI=1S/C15H27N3O/c1-13(2)17-11-15(12-19-4)18(3)10-7-14-5-8-16-9-6-14/h5-6,8-9,13,15,17H,7,10-12H2,1-4H3. The highest BCUT2D eigenvalue weighted by Gasteiger charge is 2.14. The van der Waals surface area contributed by atoms with Crippen LogP contribution in [0.15, 0.2) is 24.5 Å². The molecule has 1 aromatic rings. The molecule has 0 saturated heterocycles. The molecule has 4 nitrogen and oxygen atoms in total. The van der Waals surface area contributed by atoms with Crippen LogP contribution >= 0.6 is 0 Å². The summed E-state index contributed by atoms with van der Waals surface area (Å²) in [5.74, 6) is 0. The Morgan fingerprint density at radius 3 is 2.58 bits per heavy atom. The van der Waals surface area contributed by atoms with Crippen molar-refractivity contribution in [2.45, 2.75) is 32.4 Å². The minimum Gasteiger partial charge on any atom is -0.383 e. The molecule has 1 aromatic heterocycles. The Labute approximate surface area is 117 Å². The van der Waals surface area contributed by atoms with E-state index in [9.17, 15) is 0 Å². The lowest BCUT2D eigenvalue weighted by atomic mass is 10.1. The maximum Gasteiger partial charge on any atom is 0.0630 e. The van der Waals surface area contributed by atoms with Gasteiger partial charge in [-0.2, -0.15) is 0 Å². The first-order chi connectivity index (χ1) is 9.13. The smallest absolute Gasteiger partial charge is 0.0630 e. The number of nitrogens with zero attached hydrogens (tertiary/aromatic N) is 2. The Morgan fingerprint density at radius 2 is 2.00 bits per heavy atom. The fourth-order valence-corrected chi connectivity index (χ4v) is 1.94. The molecule has 0 aliphatic carbocycles. The predicted molar refractivity (Wildman–Crippen MR) is 79.4 cm³/mol. The number of nitrogens with one attached hydrogen (secondary N) is 1. The summed E-state index contributed by atoms with van der Waals surface area (Å²) in [6, 6.07) is 5.07. The minimum atomic E-state index is 0.411. The molecule has 0 aliphatic rings. The second-order valence-electron chi connectivity index (χ2n) is 5.26. The van der Waals surface area contributed by atoms with Crippen LogP contribution in [-0.2, 0) is 11.2 Å². The molecule has 0 bridgehead atoms. The molecule has 1 rings (SSSR count). The zero-order valence-electron chi connectivity index (χ0n) is 12.6. The summed E-state index contributed by atoms with van der Waals surface area (Å²) in [4.78, 5) is 6.40. The van der Waals surface area contributed by atoms with Crippen LogP contribution in [0.5, 0.6) is 0 Å². The molecule has 0 aromatic carbocycles. The lowest BCUT2D eigenvalue weighted by Gasteiger charge is -2.28. The van der Waals surface area contributed by atoms with Crippen LogP contribution in [0.25, 0.3) is 0 Å². The Hall–Kier alpha value is -0.970. The van der Waals surface area contributed by atoms with Gasteiger partial charge in [0.1, 0.15) is 0 Å². The molecule has 1 heterocycles. The normalized spacial score (nSPS) is 13.2. The zero-order valence-corrected chi connectivity index (χ0v) is 12.6. The van der Waals surface area contributed by atoms with Crippen molar-refractivity contribution in [3.05, 3.63) is 30.1 Å². The summed E-state index contributed by atoms with van der Waals surface area (Å²) in [5.41, 5.74) is 1.33. The molecule has 4 heteroatoms. The molecule has 19 heavy (non-hydrogen) atoms. The van der Waals surface area contributed by atoms with E-state index in [1.165, 1.54) is 5.56 Å². The zero-order chi connectivity index (χ0) is 14.1. The quantitative estimate of drug-likeness (QED) is 0.735. The summed E-state index contributed by atoms with van der Waals surface area (Å²) in [6.45, 7) is 7.07. The van der Waals surface area contributed by atoms with Crippen molar-refractivity contribution >= 4 is 0 Å². The molecule has 0 aliphatic heterocycles. The number of ether oxygens (including phenoxy) is 1. The predicted octanol–water partition coefficient (Wildman–Crippen LogP) is 1.57. The molecule has 0 saturated carbocycles. The van der Waals surface area contributed by atoms with Gasteiger partial charge in [-0.1, -0.05) is 13.8 Å². The summed E-state index contributed by atoms with van der Waals surface area (Å²) >= 11 is 0. The molecule has 108 valence electrons. The fourth-order valence-electron chi connectivity index (χ4n) is 1.94. The fraction of sp³-hybridized carbons (Fsp3) is 0.667. The summed E-state index contributed by atoms with van der Waals surface area (Å²) < 4.78 is 5.32. The number of hydrogen-bond donors (Lipinski definition) is 1. The lowest BCUT2D eigenvalue weighted by molar-refractivity contribution is 0.105. The second-order valence-corrected chi connectivity index (χ2v) is 5.26. The minimum absolute atomic E-state index is 0.411. The molecule has 0 radical (unpaired) electrons. The van der Waals surface area contributed by atoms with Crippen LogP contribution in [0.1, 0.15) is 19.4 Å². The van der Waals surface area contributed by atoms with Crippen molar-refractivity contribution in [2.75, 3.05) is 33.9 Å². The third-order valence-electron chi connectivity index (χ3n) is 3.25. The van der Waals surface area contributed by atoms with E-state index in [-0.39, 0.29) is 0 Å². The van der Waals surface area contributed by atoms with Gasteiger partial charge in [0.15, 0.2) is 0 Å². The Kier molecular flexibility index (Phi) is 7.63. The van der Waals surface area contributed by atoms with Crippen molar-refractivity contribution in [2.24, 2.45) is 0 Å². The molecule has 1 atom stereocenters. The highest BCUT2D eigenvalue weighted by Crippen LogP contribution is 2.02.